The SMILES string of the molecule is CC(=O)OC[C@H]1C[C@@H]2O[C@H]2C[C@@H]1C. The molecule has 0 spiro atoms. The Hall–Kier alpha value is -0.570. The molecule has 0 aromatic rings. The largest absolute Gasteiger partial charge is 0.466 e. The fraction of sp³-hybridized carbons (Fsp3) is 0.900. The maximum absolute atomic E-state index is 10.6. The zero-order valence-corrected chi connectivity index (χ0v) is 8.16. The van der Waals surface area contributed by atoms with Gasteiger partial charge < -0.3 is 9.47 Å². The van der Waals surface area contributed by atoms with Gasteiger partial charge in [-0.1, -0.05) is 6.92 Å². The van der Waals surface area contributed by atoms with Crippen molar-refractivity contribution in [1.29, 1.82) is 0 Å². The number of epoxide rings is 1. The molecule has 0 amide bonds. The standard InChI is InChI=1S/C10H16O3/c1-6-3-9-10(13-9)4-8(6)5-12-7(2)11/h6,8-10H,3-5H2,1-2H3/t6-,8+,9-,10-/m0/s1. The van der Waals surface area contributed by atoms with E-state index >= 15 is 0 Å². The molecule has 2 fully saturated rings. The van der Waals surface area contributed by atoms with Crippen molar-refractivity contribution < 1.29 is 14.3 Å². The number of esters is 1. The Bertz CT molecular complexity index is 214. The van der Waals surface area contributed by atoms with Crippen LogP contribution in [0.5, 0.6) is 0 Å². The molecule has 0 radical (unpaired) electrons. The van der Waals surface area contributed by atoms with Crippen molar-refractivity contribution in [1.82, 2.24) is 0 Å². The molecule has 1 heterocycles. The van der Waals surface area contributed by atoms with Crippen molar-refractivity contribution in [2.75, 3.05) is 6.61 Å². The molecule has 1 saturated carbocycles. The minimum absolute atomic E-state index is 0.175. The fourth-order valence-corrected chi connectivity index (χ4v) is 2.14. The van der Waals surface area contributed by atoms with Crippen LogP contribution < -0.4 is 0 Å². The van der Waals surface area contributed by atoms with E-state index in [0.29, 0.717) is 30.7 Å². The maximum Gasteiger partial charge on any atom is 0.302 e. The summed E-state index contributed by atoms with van der Waals surface area (Å²) in [5.74, 6) is 0.960. The Morgan fingerprint density at radius 3 is 2.85 bits per heavy atom. The molecular formula is C10H16O3. The van der Waals surface area contributed by atoms with Crippen LogP contribution in [0, 0.1) is 11.8 Å². The first kappa shape index (κ1) is 9.00. The second-order valence-corrected chi connectivity index (χ2v) is 4.22. The summed E-state index contributed by atoms with van der Waals surface area (Å²) in [6.45, 7) is 4.25. The second-order valence-electron chi connectivity index (χ2n) is 4.22. The number of hydrogen-bond donors (Lipinski definition) is 0. The minimum atomic E-state index is -0.175. The summed E-state index contributed by atoms with van der Waals surface area (Å²) >= 11 is 0. The van der Waals surface area contributed by atoms with Crippen LogP contribution in [0.3, 0.4) is 0 Å². The van der Waals surface area contributed by atoms with E-state index in [4.69, 9.17) is 9.47 Å². The molecule has 2 rings (SSSR count). The molecule has 13 heavy (non-hydrogen) atoms. The number of hydrogen-bond acceptors (Lipinski definition) is 3. The average Bonchev–Trinajstić information content (AvgIpc) is 2.77. The molecule has 0 N–H and O–H groups in total. The maximum atomic E-state index is 10.6. The minimum Gasteiger partial charge on any atom is -0.466 e. The molecule has 1 aliphatic heterocycles. The highest BCUT2D eigenvalue weighted by atomic mass is 16.6. The molecule has 4 atom stereocenters. The number of carbonyl (C=O) groups excluding carboxylic acids is 1. The summed E-state index contributed by atoms with van der Waals surface area (Å²) in [4.78, 5) is 10.6. The Morgan fingerprint density at radius 1 is 1.46 bits per heavy atom. The Kier molecular flexibility index (Phi) is 2.28. The van der Waals surface area contributed by atoms with Gasteiger partial charge in [0.1, 0.15) is 0 Å². The summed E-state index contributed by atoms with van der Waals surface area (Å²) in [6.07, 6.45) is 3.19. The van der Waals surface area contributed by atoms with Crippen molar-refractivity contribution >= 4 is 5.97 Å². The van der Waals surface area contributed by atoms with Gasteiger partial charge in [-0.3, -0.25) is 4.79 Å². The smallest absolute Gasteiger partial charge is 0.302 e. The van der Waals surface area contributed by atoms with Gasteiger partial charge in [-0.2, -0.15) is 0 Å². The van der Waals surface area contributed by atoms with E-state index in [1.54, 1.807) is 0 Å². The van der Waals surface area contributed by atoms with Crippen LogP contribution in [0.15, 0.2) is 0 Å². The molecule has 3 heteroatoms. The van der Waals surface area contributed by atoms with Crippen molar-refractivity contribution in [3.63, 3.8) is 0 Å². The van der Waals surface area contributed by atoms with Crippen LogP contribution in [0.4, 0.5) is 0 Å². The van der Waals surface area contributed by atoms with Gasteiger partial charge in [-0.25, -0.2) is 0 Å². The molecule has 0 unspecified atom stereocenters. The van der Waals surface area contributed by atoms with Gasteiger partial charge in [0.15, 0.2) is 0 Å². The first-order valence-corrected chi connectivity index (χ1v) is 4.95. The Morgan fingerprint density at radius 2 is 2.15 bits per heavy atom. The second kappa shape index (κ2) is 3.29. The average molecular weight is 184 g/mol. The molecule has 0 aromatic carbocycles. The highest BCUT2D eigenvalue weighted by molar-refractivity contribution is 5.65. The highest BCUT2D eigenvalue weighted by Crippen LogP contribution is 2.42. The van der Waals surface area contributed by atoms with Crippen LogP contribution in [-0.4, -0.2) is 24.8 Å². The molecule has 3 nitrogen and oxygen atoms in total. The zero-order chi connectivity index (χ0) is 9.42. The van der Waals surface area contributed by atoms with Crippen LogP contribution in [0.2, 0.25) is 0 Å². The lowest BCUT2D eigenvalue weighted by Crippen LogP contribution is -2.26. The van der Waals surface area contributed by atoms with Crippen LogP contribution in [0.1, 0.15) is 26.7 Å². The summed E-state index contributed by atoms with van der Waals surface area (Å²) in [7, 11) is 0. The Balaban J connectivity index is 1.80. The quantitative estimate of drug-likeness (QED) is 0.480. The predicted molar refractivity (Wildman–Crippen MR) is 47.2 cm³/mol. The van der Waals surface area contributed by atoms with Gasteiger partial charge in [0.2, 0.25) is 0 Å². The first-order valence-electron chi connectivity index (χ1n) is 4.95. The van der Waals surface area contributed by atoms with E-state index < -0.39 is 0 Å². The normalized spacial score (nSPS) is 42.3. The third-order valence-corrected chi connectivity index (χ3v) is 3.13. The molecule has 1 saturated heterocycles. The van der Waals surface area contributed by atoms with Gasteiger partial charge in [-0.15, -0.1) is 0 Å². The van der Waals surface area contributed by atoms with Gasteiger partial charge >= 0.3 is 5.97 Å². The number of carbonyl (C=O) groups is 1. The van der Waals surface area contributed by atoms with E-state index in [-0.39, 0.29) is 5.97 Å². The van der Waals surface area contributed by atoms with Gasteiger partial charge in [0, 0.05) is 6.92 Å². The first-order chi connectivity index (χ1) is 6.16. The van der Waals surface area contributed by atoms with Gasteiger partial charge in [0.25, 0.3) is 0 Å². The van der Waals surface area contributed by atoms with E-state index in [0.717, 1.165) is 12.8 Å². The molecule has 0 bridgehead atoms. The number of fused-ring (bicyclic) bond motifs is 1. The third kappa shape index (κ3) is 2.02. The predicted octanol–water partition coefficient (Wildman–Crippen LogP) is 1.36. The summed E-state index contributed by atoms with van der Waals surface area (Å²) in [6, 6.07) is 0. The van der Waals surface area contributed by atoms with E-state index in [2.05, 4.69) is 6.92 Å². The molecule has 0 aromatic heterocycles. The van der Waals surface area contributed by atoms with Crippen LogP contribution >= 0.6 is 0 Å². The highest BCUT2D eigenvalue weighted by Gasteiger charge is 2.46. The molecule has 1 aliphatic carbocycles. The number of ether oxygens (including phenoxy) is 2. The fourth-order valence-electron chi connectivity index (χ4n) is 2.14. The zero-order valence-electron chi connectivity index (χ0n) is 8.16. The van der Waals surface area contributed by atoms with Crippen LogP contribution in [-0.2, 0) is 14.3 Å². The van der Waals surface area contributed by atoms with Crippen molar-refractivity contribution in [2.45, 2.75) is 38.9 Å². The van der Waals surface area contributed by atoms with Crippen molar-refractivity contribution in [3.05, 3.63) is 0 Å². The number of rotatable bonds is 2. The topological polar surface area (TPSA) is 38.8 Å². The summed E-state index contributed by atoms with van der Waals surface area (Å²) in [5, 5.41) is 0. The van der Waals surface area contributed by atoms with E-state index in [1.807, 2.05) is 0 Å². The van der Waals surface area contributed by atoms with Gasteiger partial charge in [-0.05, 0) is 24.7 Å². The third-order valence-electron chi connectivity index (χ3n) is 3.13. The molecular weight excluding hydrogens is 168 g/mol. The molecule has 2 aliphatic rings. The summed E-state index contributed by atoms with van der Waals surface area (Å²) in [5.41, 5.74) is 0. The van der Waals surface area contributed by atoms with Crippen molar-refractivity contribution in [3.8, 4) is 0 Å². The lowest BCUT2D eigenvalue weighted by Gasteiger charge is -2.25. The van der Waals surface area contributed by atoms with Crippen LogP contribution in [0.25, 0.3) is 0 Å². The van der Waals surface area contributed by atoms with Crippen molar-refractivity contribution in [2.24, 2.45) is 11.8 Å². The van der Waals surface area contributed by atoms with E-state index in [9.17, 15) is 4.79 Å². The lowest BCUT2D eigenvalue weighted by atomic mass is 9.81. The Labute approximate surface area is 78.4 Å². The summed E-state index contributed by atoms with van der Waals surface area (Å²) < 4.78 is 10.5. The lowest BCUT2D eigenvalue weighted by molar-refractivity contribution is -0.143. The molecule has 74 valence electrons. The monoisotopic (exact) mass is 184 g/mol. The van der Waals surface area contributed by atoms with Gasteiger partial charge in [0.05, 0.1) is 18.8 Å². The van der Waals surface area contributed by atoms with E-state index in [1.165, 1.54) is 6.92 Å².